The molecule has 27 heavy (non-hydrogen) atoms. The molecular weight excluding hydrogens is 439 g/mol. The summed E-state index contributed by atoms with van der Waals surface area (Å²) in [5.41, 5.74) is 9.37. The maximum absolute atomic E-state index is 2.55. The van der Waals surface area contributed by atoms with Crippen LogP contribution in [0.1, 0.15) is 51.2 Å². The first-order valence-electron chi connectivity index (χ1n) is 10.00. The van der Waals surface area contributed by atoms with Crippen molar-refractivity contribution in [1.29, 1.82) is 0 Å². The van der Waals surface area contributed by atoms with E-state index in [9.17, 15) is 0 Å². The molecule has 0 saturated carbocycles. The van der Waals surface area contributed by atoms with Gasteiger partial charge in [0.05, 0.1) is 0 Å². The van der Waals surface area contributed by atoms with Crippen LogP contribution < -0.4 is 10.4 Å². The third-order valence-corrected chi connectivity index (χ3v) is 7.28. The molecule has 0 N–H and O–H groups in total. The van der Waals surface area contributed by atoms with E-state index in [-0.39, 0.29) is 5.41 Å². The molecule has 0 bridgehead atoms. The monoisotopic (exact) mass is 464 g/mol. The number of rotatable bonds is 1. The molecule has 1 unspecified atom stereocenters. The lowest BCUT2D eigenvalue weighted by molar-refractivity contribution is 0.649. The Kier molecular flexibility index (Phi) is 4.02. The largest absolute Gasteiger partial charge is 0.0735 e. The van der Waals surface area contributed by atoms with Crippen LogP contribution in [-0.4, -0.2) is 0 Å². The molecule has 0 radical (unpaired) electrons. The highest BCUT2D eigenvalue weighted by atomic mass is 127. The number of halogens is 1. The average molecular weight is 464 g/mol. The van der Waals surface area contributed by atoms with Crippen LogP contribution in [0, 0.1) is 9.49 Å². The molecule has 1 atom stereocenters. The Morgan fingerprint density at radius 2 is 1.81 bits per heavy atom. The fraction of sp³-hybridized carbons (Fsp3) is 0.308. The molecule has 1 heteroatoms. The second-order valence-electron chi connectivity index (χ2n) is 8.79. The van der Waals surface area contributed by atoms with E-state index in [0.29, 0.717) is 5.92 Å². The molecule has 0 spiro atoms. The summed E-state index contributed by atoms with van der Waals surface area (Å²) in [6, 6.07) is 15.9. The summed E-state index contributed by atoms with van der Waals surface area (Å²) < 4.78 is 1.34. The Morgan fingerprint density at radius 1 is 1.00 bits per heavy atom. The van der Waals surface area contributed by atoms with E-state index >= 15 is 0 Å². The van der Waals surface area contributed by atoms with Crippen LogP contribution in [0.3, 0.4) is 0 Å². The summed E-state index contributed by atoms with van der Waals surface area (Å²) in [6.45, 7) is 7.15. The third kappa shape index (κ3) is 2.69. The van der Waals surface area contributed by atoms with E-state index in [0.717, 1.165) is 12.8 Å². The number of allylic oxidation sites excluding steroid dienone is 4. The molecule has 136 valence electrons. The predicted molar refractivity (Wildman–Crippen MR) is 124 cm³/mol. The van der Waals surface area contributed by atoms with Crippen molar-refractivity contribution in [2.75, 3.05) is 0 Å². The lowest BCUT2D eigenvalue weighted by Crippen LogP contribution is -2.32. The number of fused-ring (bicyclic) bond motifs is 3. The summed E-state index contributed by atoms with van der Waals surface area (Å²) in [5.74, 6) is 0.613. The van der Waals surface area contributed by atoms with Crippen LogP contribution in [0.15, 0.2) is 59.7 Å². The van der Waals surface area contributed by atoms with E-state index in [1.54, 1.807) is 22.3 Å². The van der Waals surface area contributed by atoms with Gasteiger partial charge in [0.1, 0.15) is 0 Å². The molecule has 0 amide bonds. The van der Waals surface area contributed by atoms with Crippen molar-refractivity contribution < 1.29 is 0 Å². The van der Waals surface area contributed by atoms with Crippen LogP contribution in [0.2, 0.25) is 0 Å². The van der Waals surface area contributed by atoms with E-state index in [1.165, 1.54) is 31.6 Å². The zero-order valence-corrected chi connectivity index (χ0v) is 18.4. The minimum absolute atomic E-state index is 0.101. The Bertz CT molecular complexity index is 1140. The maximum atomic E-state index is 2.55. The lowest BCUT2D eigenvalue weighted by atomic mass is 9.76. The minimum Gasteiger partial charge on any atom is -0.0735 e. The van der Waals surface area contributed by atoms with Crippen LogP contribution in [0.5, 0.6) is 0 Å². The van der Waals surface area contributed by atoms with Crippen molar-refractivity contribution in [3.63, 3.8) is 0 Å². The van der Waals surface area contributed by atoms with Gasteiger partial charge in [0, 0.05) is 8.99 Å². The maximum Gasteiger partial charge on any atom is 0.0156 e. The number of benzene rings is 2. The number of hydrogen-bond acceptors (Lipinski definition) is 0. The van der Waals surface area contributed by atoms with E-state index in [1.807, 2.05) is 0 Å². The molecule has 0 nitrogen and oxygen atoms in total. The first-order valence-corrected chi connectivity index (χ1v) is 11.1. The van der Waals surface area contributed by atoms with Crippen LogP contribution in [-0.2, 0) is 5.41 Å². The molecule has 2 aromatic carbocycles. The van der Waals surface area contributed by atoms with Crippen molar-refractivity contribution in [2.45, 2.75) is 45.4 Å². The normalized spacial score (nSPS) is 22.6. The Balaban J connectivity index is 1.70. The summed E-state index contributed by atoms with van der Waals surface area (Å²) in [7, 11) is 0. The second-order valence-corrected chi connectivity index (χ2v) is 10.0. The molecule has 0 aliphatic heterocycles. The zero-order chi connectivity index (χ0) is 18.8. The van der Waals surface area contributed by atoms with E-state index in [4.69, 9.17) is 0 Å². The van der Waals surface area contributed by atoms with Gasteiger partial charge >= 0.3 is 0 Å². The van der Waals surface area contributed by atoms with Crippen LogP contribution >= 0.6 is 22.6 Å². The summed E-state index contributed by atoms with van der Waals surface area (Å²) in [5, 5.41) is 2.87. The molecule has 0 saturated heterocycles. The predicted octanol–water partition coefficient (Wildman–Crippen LogP) is 5.73. The summed E-state index contributed by atoms with van der Waals surface area (Å²) >= 11 is 2.44. The second kappa shape index (κ2) is 6.20. The van der Waals surface area contributed by atoms with Gasteiger partial charge in [0.2, 0.25) is 0 Å². The fourth-order valence-corrected chi connectivity index (χ4v) is 5.75. The molecular formula is C26H25I. The Hall–Kier alpha value is -1.61. The van der Waals surface area contributed by atoms with Gasteiger partial charge in [-0.2, -0.15) is 0 Å². The van der Waals surface area contributed by atoms with Gasteiger partial charge in [-0.15, -0.1) is 0 Å². The Morgan fingerprint density at radius 3 is 2.67 bits per heavy atom. The smallest absolute Gasteiger partial charge is 0.0156 e. The van der Waals surface area contributed by atoms with Gasteiger partial charge in [-0.05, 0) is 104 Å². The van der Waals surface area contributed by atoms with Crippen molar-refractivity contribution >= 4 is 39.8 Å². The highest BCUT2D eigenvalue weighted by Crippen LogP contribution is 2.52. The van der Waals surface area contributed by atoms with Gasteiger partial charge in [-0.3, -0.25) is 0 Å². The highest BCUT2D eigenvalue weighted by Gasteiger charge is 2.38. The van der Waals surface area contributed by atoms with Gasteiger partial charge in [-0.1, -0.05) is 63.3 Å². The SMILES string of the molecule is CC1C=c2ccccc2=C(C2=CC3=C(CC2)c2ccc(I)cc2C3(C)C)C1. The lowest BCUT2D eigenvalue weighted by Gasteiger charge is -2.27. The molecule has 0 fully saturated rings. The molecule has 5 rings (SSSR count). The molecule has 0 heterocycles. The average Bonchev–Trinajstić information content (AvgIpc) is 2.88. The van der Waals surface area contributed by atoms with Crippen molar-refractivity contribution in [2.24, 2.45) is 5.92 Å². The number of hydrogen-bond donors (Lipinski definition) is 0. The third-order valence-electron chi connectivity index (χ3n) is 6.61. The first kappa shape index (κ1) is 17.5. The van der Waals surface area contributed by atoms with Gasteiger partial charge in [0.25, 0.3) is 0 Å². The first-order chi connectivity index (χ1) is 12.9. The van der Waals surface area contributed by atoms with Gasteiger partial charge in [-0.25, -0.2) is 0 Å². The summed E-state index contributed by atoms with van der Waals surface area (Å²) in [6.07, 6.45) is 8.48. The quantitative estimate of drug-likeness (QED) is 0.473. The van der Waals surface area contributed by atoms with Gasteiger partial charge < -0.3 is 0 Å². The zero-order valence-electron chi connectivity index (χ0n) is 16.3. The molecule has 0 aromatic heterocycles. The highest BCUT2D eigenvalue weighted by molar-refractivity contribution is 14.1. The minimum atomic E-state index is 0.101. The standard InChI is InChI=1S/C26H25I/c1-16-12-17-6-4-5-7-20(17)23(13-16)18-8-10-21-22-11-9-19(27)15-25(22)26(2,3)24(21)14-18/h4-7,9,11-12,14-16H,8,10,13H2,1-3H3. The van der Waals surface area contributed by atoms with Crippen LogP contribution in [0.4, 0.5) is 0 Å². The van der Waals surface area contributed by atoms with Crippen molar-refractivity contribution in [3.05, 3.63) is 84.8 Å². The van der Waals surface area contributed by atoms with E-state index < -0.39 is 0 Å². The fourth-order valence-electron chi connectivity index (χ4n) is 5.26. The molecule has 2 aromatic rings. The van der Waals surface area contributed by atoms with Crippen molar-refractivity contribution in [1.82, 2.24) is 0 Å². The van der Waals surface area contributed by atoms with Crippen LogP contribution in [0.25, 0.3) is 17.2 Å². The topological polar surface area (TPSA) is 0 Å². The Labute approximate surface area is 175 Å². The van der Waals surface area contributed by atoms with Crippen molar-refractivity contribution in [3.8, 4) is 0 Å². The summed E-state index contributed by atoms with van der Waals surface area (Å²) in [4.78, 5) is 0. The van der Waals surface area contributed by atoms with Gasteiger partial charge in [0.15, 0.2) is 0 Å². The molecule has 3 aliphatic rings. The molecule has 3 aliphatic carbocycles. The van der Waals surface area contributed by atoms with E-state index in [2.05, 4.69) is 98.0 Å².